The third-order valence-electron chi connectivity index (χ3n) is 2.81. The van der Waals surface area contributed by atoms with E-state index in [4.69, 9.17) is 14.2 Å². The lowest BCUT2D eigenvalue weighted by atomic mass is 10.3. The van der Waals surface area contributed by atoms with Gasteiger partial charge in [-0.1, -0.05) is 36.4 Å². The maximum absolute atomic E-state index is 12.9. The predicted molar refractivity (Wildman–Crippen MR) is 80.8 cm³/mol. The van der Waals surface area contributed by atoms with E-state index in [9.17, 15) is 14.8 Å². The molecule has 0 aliphatic carbocycles. The molecule has 118 valence electrons. The molecule has 2 atom stereocenters. The molecule has 2 aromatic carbocycles. The van der Waals surface area contributed by atoms with E-state index >= 15 is 0 Å². The number of para-hydroxylation sites is 2. The molecule has 3 N–H and O–H groups in total. The molecule has 0 aliphatic heterocycles. The zero-order valence-electron chi connectivity index (χ0n) is 11.6. The smallest absolute Gasteiger partial charge is 0.414 e. The van der Waals surface area contributed by atoms with Gasteiger partial charge in [-0.05, 0) is 24.3 Å². The molecule has 2 aromatic rings. The fourth-order valence-electron chi connectivity index (χ4n) is 1.69. The fraction of sp³-hybridized carbons (Fsp3) is 0.200. The number of hydrogen-bond acceptors (Lipinski definition) is 6. The number of aliphatic hydroxyl groups excluding tert-OH is 3. The topological polar surface area (TPSA) is 96.2 Å². The van der Waals surface area contributed by atoms with Gasteiger partial charge in [-0.3, -0.25) is 0 Å². The van der Waals surface area contributed by atoms with Gasteiger partial charge in [-0.2, -0.15) is 0 Å². The van der Waals surface area contributed by atoms with Crippen molar-refractivity contribution in [3.63, 3.8) is 0 Å². The minimum absolute atomic E-state index is 0.214. The maximum atomic E-state index is 12.9. The summed E-state index contributed by atoms with van der Waals surface area (Å²) in [5.41, 5.74) is 0. The Bertz CT molecular complexity index is 573. The van der Waals surface area contributed by atoms with Crippen molar-refractivity contribution >= 4 is 7.60 Å². The van der Waals surface area contributed by atoms with Crippen molar-refractivity contribution in [3.05, 3.63) is 60.7 Å². The fourth-order valence-corrected chi connectivity index (χ4v) is 3.29. The van der Waals surface area contributed by atoms with Crippen molar-refractivity contribution in [1.82, 2.24) is 0 Å². The summed E-state index contributed by atoms with van der Waals surface area (Å²) < 4.78 is 23.5. The molecule has 0 fully saturated rings. The van der Waals surface area contributed by atoms with Crippen LogP contribution in [0.25, 0.3) is 0 Å². The molecule has 6 nitrogen and oxygen atoms in total. The quantitative estimate of drug-likeness (QED) is 0.674. The number of benzene rings is 2. The third-order valence-corrected chi connectivity index (χ3v) is 4.73. The summed E-state index contributed by atoms with van der Waals surface area (Å²) in [6.45, 7) is -0.776. The SMILES string of the molecule is O=P(Oc1ccccc1)(Oc1ccccc1)[C@H](O)[C@@H](O)CO. The van der Waals surface area contributed by atoms with Gasteiger partial charge in [0, 0.05) is 0 Å². The van der Waals surface area contributed by atoms with Gasteiger partial charge in [0.2, 0.25) is 5.85 Å². The van der Waals surface area contributed by atoms with E-state index in [1.807, 2.05) is 0 Å². The zero-order valence-corrected chi connectivity index (χ0v) is 12.5. The molecule has 0 unspecified atom stereocenters. The Balaban J connectivity index is 2.29. The first-order chi connectivity index (χ1) is 10.5. The monoisotopic (exact) mass is 324 g/mol. The lowest BCUT2D eigenvalue weighted by molar-refractivity contribution is 0.0147. The van der Waals surface area contributed by atoms with E-state index in [0.29, 0.717) is 0 Å². The molecule has 0 saturated heterocycles. The standard InChI is InChI=1S/C15H17O6P/c16-11-14(17)15(18)22(19,20-12-7-3-1-4-8-12)21-13-9-5-2-6-10-13/h1-10,14-18H,11H2/t14-,15-/m0/s1. The highest BCUT2D eigenvalue weighted by Gasteiger charge is 2.42. The second-order valence-electron chi connectivity index (χ2n) is 4.51. The van der Waals surface area contributed by atoms with Gasteiger partial charge >= 0.3 is 7.60 Å². The van der Waals surface area contributed by atoms with E-state index in [2.05, 4.69) is 0 Å². The van der Waals surface area contributed by atoms with Crippen LogP contribution in [-0.4, -0.2) is 33.9 Å². The summed E-state index contributed by atoms with van der Waals surface area (Å²) in [6.07, 6.45) is -1.65. The van der Waals surface area contributed by atoms with Crippen molar-refractivity contribution in [3.8, 4) is 11.5 Å². The average Bonchev–Trinajstić information content (AvgIpc) is 2.55. The Morgan fingerprint density at radius 3 is 1.64 bits per heavy atom. The summed E-state index contributed by atoms with van der Waals surface area (Å²) in [7, 11) is -4.18. The minimum atomic E-state index is -4.18. The second-order valence-corrected chi connectivity index (χ2v) is 6.49. The molecule has 0 bridgehead atoms. The Morgan fingerprint density at radius 1 is 0.864 bits per heavy atom. The lowest BCUT2D eigenvalue weighted by Crippen LogP contribution is -2.32. The first-order valence-electron chi connectivity index (χ1n) is 6.61. The van der Waals surface area contributed by atoms with Crippen molar-refractivity contribution in [2.24, 2.45) is 0 Å². The highest BCUT2D eigenvalue weighted by molar-refractivity contribution is 7.55. The number of rotatable bonds is 7. The Morgan fingerprint density at radius 2 is 1.27 bits per heavy atom. The van der Waals surface area contributed by atoms with Gasteiger partial charge in [-0.25, -0.2) is 4.57 Å². The highest BCUT2D eigenvalue weighted by Crippen LogP contribution is 2.52. The summed E-state index contributed by atoms with van der Waals surface area (Å²) in [5, 5.41) is 28.6. The molecule has 2 rings (SSSR count). The van der Waals surface area contributed by atoms with Gasteiger partial charge in [0.05, 0.1) is 6.61 Å². The molecular formula is C15H17O6P. The van der Waals surface area contributed by atoms with Crippen molar-refractivity contribution in [1.29, 1.82) is 0 Å². The van der Waals surface area contributed by atoms with E-state index in [0.717, 1.165) is 0 Å². The van der Waals surface area contributed by atoms with E-state index in [1.54, 1.807) is 60.7 Å². The summed E-state index contributed by atoms with van der Waals surface area (Å²) in [4.78, 5) is 0. The zero-order chi connectivity index (χ0) is 16.0. The van der Waals surface area contributed by atoms with E-state index in [-0.39, 0.29) is 11.5 Å². The number of aliphatic hydroxyl groups is 3. The average molecular weight is 324 g/mol. The van der Waals surface area contributed by atoms with Gasteiger partial charge in [0.1, 0.15) is 17.6 Å². The first-order valence-corrected chi connectivity index (χ1v) is 8.22. The van der Waals surface area contributed by atoms with Gasteiger partial charge in [0.15, 0.2) is 0 Å². The van der Waals surface area contributed by atoms with Crippen LogP contribution in [0.3, 0.4) is 0 Å². The molecule has 0 saturated carbocycles. The predicted octanol–water partition coefficient (Wildman–Crippen LogP) is 2.01. The van der Waals surface area contributed by atoms with Crippen LogP contribution in [0.1, 0.15) is 0 Å². The summed E-state index contributed by atoms with van der Waals surface area (Å²) >= 11 is 0. The van der Waals surface area contributed by atoms with Crippen LogP contribution in [0.2, 0.25) is 0 Å². The highest BCUT2D eigenvalue weighted by atomic mass is 31.2. The van der Waals surface area contributed by atoms with Crippen molar-refractivity contribution in [2.45, 2.75) is 11.9 Å². The van der Waals surface area contributed by atoms with Crippen LogP contribution < -0.4 is 9.05 Å². The molecule has 22 heavy (non-hydrogen) atoms. The van der Waals surface area contributed by atoms with E-state index < -0.39 is 26.2 Å². The molecular weight excluding hydrogens is 307 g/mol. The molecule has 0 heterocycles. The molecule has 7 heteroatoms. The van der Waals surface area contributed by atoms with E-state index in [1.165, 1.54) is 0 Å². The lowest BCUT2D eigenvalue weighted by Gasteiger charge is -2.26. The van der Waals surface area contributed by atoms with Crippen molar-refractivity contribution < 1.29 is 28.9 Å². The van der Waals surface area contributed by atoms with Gasteiger partial charge in [0.25, 0.3) is 0 Å². The minimum Gasteiger partial charge on any atom is -0.414 e. The Hall–Kier alpha value is -1.85. The van der Waals surface area contributed by atoms with Crippen molar-refractivity contribution in [2.75, 3.05) is 6.61 Å². The maximum Gasteiger partial charge on any atom is 0.461 e. The van der Waals surface area contributed by atoms with Crippen LogP contribution in [0.15, 0.2) is 60.7 Å². The van der Waals surface area contributed by atoms with Crippen LogP contribution in [0, 0.1) is 0 Å². The van der Waals surface area contributed by atoms with Crippen LogP contribution in [0.5, 0.6) is 11.5 Å². The summed E-state index contributed by atoms with van der Waals surface area (Å²) in [6, 6.07) is 16.3. The van der Waals surface area contributed by atoms with Crippen LogP contribution in [0.4, 0.5) is 0 Å². The van der Waals surface area contributed by atoms with Gasteiger partial charge in [-0.15, -0.1) is 0 Å². The number of hydrogen-bond donors (Lipinski definition) is 3. The molecule has 0 amide bonds. The molecule has 0 aliphatic rings. The first kappa shape index (κ1) is 16.5. The molecule has 0 spiro atoms. The Kier molecular flexibility index (Phi) is 5.57. The largest absolute Gasteiger partial charge is 0.461 e. The van der Waals surface area contributed by atoms with Gasteiger partial charge < -0.3 is 24.4 Å². The van der Waals surface area contributed by atoms with Crippen LogP contribution in [-0.2, 0) is 4.57 Å². The van der Waals surface area contributed by atoms with Crippen LogP contribution >= 0.6 is 7.60 Å². The molecule has 0 radical (unpaired) electrons. The third kappa shape index (κ3) is 4.08. The second kappa shape index (κ2) is 7.42. The normalized spacial score (nSPS) is 14.1. The molecule has 0 aromatic heterocycles. The summed E-state index contributed by atoms with van der Waals surface area (Å²) in [5.74, 6) is -1.46. The Labute approximate surface area is 128 Å².